The van der Waals surface area contributed by atoms with Crippen LogP contribution in [0.5, 0.6) is 0 Å². The number of carbonyl (C=O) groups is 4. The predicted molar refractivity (Wildman–Crippen MR) is 111 cm³/mol. The van der Waals surface area contributed by atoms with Crippen molar-refractivity contribution in [2.75, 3.05) is 13.1 Å². The van der Waals surface area contributed by atoms with Crippen LogP contribution in [0.25, 0.3) is 0 Å². The number of imide groups is 2. The Balaban J connectivity index is 1.55. The Morgan fingerprint density at radius 3 is 2.72 bits per heavy atom. The molecule has 0 radical (unpaired) electrons. The molecule has 0 saturated carbocycles. The first-order valence-corrected chi connectivity index (χ1v) is 10.5. The maximum absolute atomic E-state index is 12.8. The van der Waals surface area contributed by atoms with E-state index in [0.717, 1.165) is 14.2 Å². The summed E-state index contributed by atoms with van der Waals surface area (Å²) in [5.41, 5.74) is -0.705. The Labute approximate surface area is 179 Å². The second-order valence-corrected chi connectivity index (χ2v) is 8.54. The van der Waals surface area contributed by atoms with Crippen LogP contribution in [0.4, 0.5) is 9.59 Å². The van der Waals surface area contributed by atoms with Crippen molar-refractivity contribution in [3.63, 3.8) is 0 Å². The van der Waals surface area contributed by atoms with Crippen molar-refractivity contribution < 1.29 is 19.2 Å². The first-order chi connectivity index (χ1) is 13.8. The molecule has 0 bridgehead atoms. The summed E-state index contributed by atoms with van der Waals surface area (Å²) in [6, 6.07) is 9.50. The number of nitrogens with zero attached hydrogens (tertiary/aromatic N) is 1. The zero-order valence-electron chi connectivity index (χ0n) is 15.5. The fraction of sp³-hybridized carbons (Fsp3) is 0.263. The molecule has 0 aliphatic carbocycles. The Bertz CT molecular complexity index is 949. The number of carbonyl (C=O) groups excluding carboxylic acids is 4. The number of benzene rings is 1. The number of urea groups is 2. The van der Waals surface area contributed by atoms with E-state index in [1.54, 1.807) is 42.5 Å². The number of hydrogen-bond donors (Lipinski definition) is 3. The number of rotatable bonds is 6. The molecular formula is C19H19BrN4O4S. The van der Waals surface area contributed by atoms with E-state index < -0.39 is 36.0 Å². The van der Waals surface area contributed by atoms with Crippen molar-refractivity contribution in [1.82, 2.24) is 20.9 Å². The first kappa shape index (κ1) is 21.0. The Hall–Kier alpha value is -2.72. The van der Waals surface area contributed by atoms with Crippen molar-refractivity contribution in [2.45, 2.75) is 18.9 Å². The highest BCUT2D eigenvalue weighted by Crippen LogP contribution is 2.30. The minimum atomic E-state index is -1.29. The SMILES string of the molecule is CC1(c2cccc(Br)c2)NC(=O)N(CC(=O)NC(=O)NCCc2cccs2)C1=O. The monoisotopic (exact) mass is 478 g/mol. The van der Waals surface area contributed by atoms with Crippen LogP contribution < -0.4 is 16.0 Å². The molecule has 1 fully saturated rings. The molecule has 2 heterocycles. The van der Waals surface area contributed by atoms with Crippen LogP contribution in [0.1, 0.15) is 17.4 Å². The number of hydrogen-bond acceptors (Lipinski definition) is 5. The summed E-state index contributed by atoms with van der Waals surface area (Å²) in [5, 5.41) is 9.27. The molecule has 3 rings (SSSR count). The molecule has 1 aliphatic rings. The molecule has 6 amide bonds. The van der Waals surface area contributed by atoms with Crippen molar-refractivity contribution in [1.29, 1.82) is 0 Å². The van der Waals surface area contributed by atoms with Crippen LogP contribution in [-0.2, 0) is 21.5 Å². The Morgan fingerprint density at radius 2 is 2.03 bits per heavy atom. The van der Waals surface area contributed by atoms with Crippen LogP contribution in [0.15, 0.2) is 46.3 Å². The first-order valence-electron chi connectivity index (χ1n) is 8.80. The summed E-state index contributed by atoms with van der Waals surface area (Å²) in [7, 11) is 0. The number of amides is 6. The maximum Gasteiger partial charge on any atom is 0.325 e. The molecule has 3 N–H and O–H groups in total. The summed E-state index contributed by atoms with van der Waals surface area (Å²) in [5.74, 6) is -1.31. The lowest BCUT2D eigenvalue weighted by molar-refractivity contribution is -0.134. The zero-order chi connectivity index (χ0) is 21.0. The lowest BCUT2D eigenvalue weighted by Gasteiger charge is -2.22. The van der Waals surface area contributed by atoms with Gasteiger partial charge in [0.25, 0.3) is 5.91 Å². The quantitative estimate of drug-likeness (QED) is 0.553. The van der Waals surface area contributed by atoms with Gasteiger partial charge in [-0.25, -0.2) is 9.59 Å². The van der Waals surface area contributed by atoms with E-state index in [4.69, 9.17) is 0 Å². The molecule has 8 nitrogen and oxygen atoms in total. The highest BCUT2D eigenvalue weighted by atomic mass is 79.9. The van der Waals surface area contributed by atoms with Gasteiger partial charge in [-0.3, -0.25) is 19.8 Å². The van der Waals surface area contributed by atoms with Crippen molar-refractivity contribution >= 4 is 51.1 Å². The summed E-state index contributed by atoms with van der Waals surface area (Å²) in [6.45, 7) is 1.39. The summed E-state index contributed by atoms with van der Waals surface area (Å²) < 4.78 is 0.758. The molecule has 10 heteroatoms. The van der Waals surface area contributed by atoms with Gasteiger partial charge in [0.1, 0.15) is 12.1 Å². The zero-order valence-corrected chi connectivity index (χ0v) is 17.9. The smallest absolute Gasteiger partial charge is 0.325 e. The molecule has 1 unspecified atom stereocenters. The van der Waals surface area contributed by atoms with Gasteiger partial charge in [-0.15, -0.1) is 11.3 Å². The topological polar surface area (TPSA) is 108 Å². The second-order valence-electron chi connectivity index (χ2n) is 6.59. The molecular weight excluding hydrogens is 460 g/mol. The Morgan fingerprint density at radius 1 is 1.24 bits per heavy atom. The van der Waals surface area contributed by atoms with Gasteiger partial charge in [-0.05, 0) is 42.5 Å². The third-order valence-electron chi connectivity index (χ3n) is 4.47. The molecule has 0 spiro atoms. The third kappa shape index (κ3) is 4.83. The highest BCUT2D eigenvalue weighted by Gasteiger charge is 2.49. The summed E-state index contributed by atoms with van der Waals surface area (Å²) in [4.78, 5) is 51.0. The van der Waals surface area contributed by atoms with Gasteiger partial charge in [0.2, 0.25) is 5.91 Å². The van der Waals surface area contributed by atoms with E-state index in [9.17, 15) is 19.2 Å². The maximum atomic E-state index is 12.8. The van der Waals surface area contributed by atoms with Crippen LogP contribution in [-0.4, -0.2) is 41.9 Å². The number of thiophene rings is 1. The summed E-state index contributed by atoms with van der Waals surface area (Å²) >= 11 is 4.92. The van der Waals surface area contributed by atoms with Crippen molar-refractivity contribution in [3.8, 4) is 0 Å². The van der Waals surface area contributed by atoms with Gasteiger partial charge in [0.15, 0.2) is 0 Å². The van der Waals surface area contributed by atoms with E-state index in [1.165, 1.54) is 0 Å². The fourth-order valence-corrected chi connectivity index (χ4v) is 4.05. The number of nitrogens with one attached hydrogen (secondary N) is 3. The molecule has 152 valence electrons. The summed E-state index contributed by atoms with van der Waals surface area (Å²) in [6.07, 6.45) is 0.650. The lowest BCUT2D eigenvalue weighted by Crippen LogP contribution is -2.47. The fourth-order valence-electron chi connectivity index (χ4n) is 2.94. The molecule has 29 heavy (non-hydrogen) atoms. The molecule has 1 saturated heterocycles. The van der Waals surface area contributed by atoms with Crippen molar-refractivity contribution in [2.24, 2.45) is 0 Å². The molecule has 1 aromatic heterocycles. The molecule has 1 aromatic carbocycles. The van der Waals surface area contributed by atoms with Crippen LogP contribution in [0.3, 0.4) is 0 Å². The second kappa shape index (κ2) is 8.75. The van der Waals surface area contributed by atoms with Crippen molar-refractivity contribution in [3.05, 3.63) is 56.7 Å². The van der Waals surface area contributed by atoms with Gasteiger partial charge < -0.3 is 10.6 Å². The van der Waals surface area contributed by atoms with E-state index in [-0.39, 0.29) is 0 Å². The van der Waals surface area contributed by atoms with Gasteiger partial charge in [-0.1, -0.05) is 34.1 Å². The Kier molecular flexibility index (Phi) is 6.33. The largest absolute Gasteiger partial charge is 0.337 e. The van der Waals surface area contributed by atoms with E-state index >= 15 is 0 Å². The van der Waals surface area contributed by atoms with Gasteiger partial charge in [0.05, 0.1) is 0 Å². The lowest BCUT2D eigenvalue weighted by atomic mass is 9.92. The van der Waals surface area contributed by atoms with E-state index in [1.807, 2.05) is 17.5 Å². The van der Waals surface area contributed by atoms with Gasteiger partial charge in [0, 0.05) is 15.9 Å². The van der Waals surface area contributed by atoms with Gasteiger partial charge >= 0.3 is 12.1 Å². The standard InChI is InChI=1S/C19H19BrN4O4S/c1-19(12-4-2-5-13(20)10-12)16(26)24(18(28)23-19)11-15(25)22-17(27)21-8-7-14-6-3-9-29-14/h2-6,9-10H,7-8,11H2,1H3,(H,23,28)(H2,21,22,25,27). The minimum Gasteiger partial charge on any atom is -0.337 e. The minimum absolute atomic E-state index is 0.365. The normalized spacial score (nSPS) is 18.5. The number of halogens is 1. The average Bonchev–Trinajstić information content (AvgIpc) is 3.25. The van der Waals surface area contributed by atoms with E-state index in [2.05, 4.69) is 31.9 Å². The van der Waals surface area contributed by atoms with E-state index in [0.29, 0.717) is 18.5 Å². The third-order valence-corrected chi connectivity index (χ3v) is 5.90. The highest BCUT2D eigenvalue weighted by molar-refractivity contribution is 9.10. The molecule has 1 aliphatic heterocycles. The predicted octanol–water partition coefficient (Wildman–Crippen LogP) is 2.35. The molecule has 2 aromatic rings. The van der Waals surface area contributed by atoms with Crippen LogP contribution in [0, 0.1) is 0 Å². The molecule has 1 atom stereocenters. The average molecular weight is 479 g/mol. The van der Waals surface area contributed by atoms with Crippen LogP contribution >= 0.6 is 27.3 Å². The van der Waals surface area contributed by atoms with Crippen LogP contribution in [0.2, 0.25) is 0 Å². The van der Waals surface area contributed by atoms with Gasteiger partial charge in [-0.2, -0.15) is 0 Å².